The van der Waals surface area contributed by atoms with Gasteiger partial charge >= 0.3 is 0 Å². The summed E-state index contributed by atoms with van der Waals surface area (Å²) in [7, 11) is 0. The first-order valence-electron chi connectivity index (χ1n) is 8.87. The molecule has 2 atom stereocenters. The fourth-order valence-electron chi connectivity index (χ4n) is 2.96. The minimum Gasteiger partial charge on any atom is -0.382 e. The lowest BCUT2D eigenvalue weighted by Crippen LogP contribution is -2.40. The van der Waals surface area contributed by atoms with Crippen LogP contribution in [0.2, 0.25) is 10.0 Å². The van der Waals surface area contributed by atoms with Crippen molar-refractivity contribution in [2.24, 2.45) is 0 Å². The van der Waals surface area contributed by atoms with Gasteiger partial charge in [0.2, 0.25) is 0 Å². The smallest absolute Gasteiger partial charge is 0.174 e. The number of halogens is 2. The molecule has 0 bridgehead atoms. The van der Waals surface area contributed by atoms with E-state index in [1.807, 2.05) is 19.1 Å². The summed E-state index contributed by atoms with van der Waals surface area (Å²) in [5.41, 5.74) is 0.0880. The lowest BCUT2D eigenvalue weighted by molar-refractivity contribution is 0.0168. The molecule has 0 radical (unpaired) electrons. The molecule has 4 rings (SSSR count). The van der Waals surface area contributed by atoms with Crippen molar-refractivity contribution < 1.29 is 5.11 Å². The molecule has 2 unspecified atom stereocenters. The summed E-state index contributed by atoms with van der Waals surface area (Å²) >= 11 is 15.2. The highest BCUT2D eigenvalue weighted by Crippen LogP contribution is 2.42. The summed E-state index contributed by atoms with van der Waals surface area (Å²) in [6.07, 6.45) is 6.38. The highest BCUT2D eigenvalue weighted by molar-refractivity contribution is 8.01. The molecule has 0 fully saturated rings. The molecule has 1 N–H and O–H groups in total. The SMILES string of the molecule is CC(Sc1nc(-c2ccncc2)ns1)C(O)(Cn1cncn1)c1ccc(Cl)cc1Cl. The van der Waals surface area contributed by atoms with Gasteiger partial charge in [-0.05, 0) is 42.7 Å². The standard InChI is InChI=1S/C19H16Cl2N6OS2/c1-12(29-18-25-17(26-30-18)13-4-6-22-7-5-13)19(28,9-27-11-23-10-24-27)15-3-2-14(20)8-16(15)21/h2-8,10-12,28H,9H2,1H3. The summed E-state index contributed by atoms with van der Waals surface area (Å²) in [4.78, 5) is 12.6. The van der Waals surface area contributed by atoms with E-state index in [0.717, 1.165) is 9.90 Å². The lowest BCUT2D eigenvalue weighted by atomic mass is 9.90. The van der Waals surface area contributed by atoms with Crippen molar-refractivity contribution in [2.75, 3.05) is 0 Å². The van der Waals surface area contributed by atoms with Crippen LogP contribution < -0.4 is 0 Å². The predicted octanol–water partition coefficient (Wildman–Crippen LogP) is 4.57. The largest absolute Gasteiger partial charge is 0.382 e. The van der Waals surface area contributed by atoms with Crippen LogP contribution in [0.5, 0.6) is 0 Å². The van der Waals surface area contributed by atoms with E-state index < -0.39 is 5.60 Å². The topological polar surface area (TPSA) is 89.6 Å². The van der Waals surface area contributed by atoms with E-state index >= 15 is 0 Å². The van der Waals surface area contributed by atoms with E-state index in [2.05, 4.69) is 24.4 Å². The van der Waals surface area contributed by atoms with Crippen molar-refractivity contribution in [1.82, 2.24) is 29.1 Å². The van der Waals surface area contributed by atoms with E-state index in [0.29, 0.717) is 21.4 Å². The van der Waals surface area contributed by atoms with Crippen molar-refractivity contribution >= 4 is 46.5 Å². The van der Waals surface area contributed by atoms with Crippen LogP contribution in [0.15, 0.2) is 59.7 Å². The maximum absolute atomic E-state index is 11.8. The molecule has 0 aliphatic carbocycles. The van der Waals surface area contributed by atoms with E-state index in [-0.39, 0.29) is 11.8 Å². The number of benzene rings is 1. The Hall–Kier alpha value is -2.04. The number of aromatic nitrogens is 6. The second kappa shape index (κ2) is 8.99. The fraction of sp³-hybridized carbons (Fsp3) is 0.211. The molecule has 0 amide bonds. The molecule has 0 aliphatic rings. The average molecular weight is 479 g/mol. The minimum atomic E-state index is -1.36. The first kappa shape index (κ1) is 21.2. The van der Waals surface area contributed by atoms with Crippen molar-refractivity contribution in [3.8, 4) is 11.4 Å². The van der Waals surface area contributed by atoms with Gasteiger partial charge in [-0.2, -0.15) is 9.47 Å². The van der Waals surface area contributed by atoms with Crippen LogP contribution in [0.3, 0.4) is 0 Å². The summed E-state index contributed by atoms with van der Waals surface area (Å²) < 4.78 is 6.74. The fourth-order valence-corrected chi connectivity index (χ4v) is 5.52. The Morgan fingerprint density at radius 3 is 2.70 bits per heavy atom. The molecule has 7 nitrogen and oxygen atoms in total. The Morgan fingerprint density at radius 2 is 2.00 bits per heavy atom. The maximum Gasteiger partial charge on any atom is 0.174 e. The Bertz CT molecular complexity index is 1130. The molecule has 4 aromatic rings. The van der Waals surface area contributed by atoms with Gasteiger partial charge in [-0.3, -0.25) is 4.98 Å². The first-order chi connectivity index (χ1) is 14.5. The Kier molecular flexibility index (Phi) is 6.35. The molecule has 1 aromatic carbocycles. The second-order valence-corrected chi connectivity index (χ2v) is 9.70. The summed E-state index contributed by atoms with van der Waals surface area (Å²) in [6, 6.07) is 8.78. The summed E-state index contributed by atoms with van der Waals surface area (Å²) in [5, 5.41) is 16.5. The summed E-state index contributed by atoms with van der Waals surface area (Å²) in [5.74, 6) is 0.626. The van der Waals surface area contributed by atoms with Gasteiger partial charge in [0.25, 0.3) is 0 Å². The van der Waals surface area contributed by atoms with Gasteiger partial charge in [0.15, 0.2) is 10.2 Å². The third-order valence-electron chi connectivity index (χ3n) is 4.56. The number of rotatable bonds is 7. The van der Waals surface area contributed by atoms with E-state index in [9.17, 15) is 5.11 Å². The van der Waals surface area contributed by atoms with E-state index in [4.69, 9.17) is 23.2 Å². The van der Waals surface area contributed by atoms with Crippen molar-refractivity contribution in [3.63, 3.8) is 0 Å². The summed E-state index contributed by atoms with van der Waals surface area (Å²) in [6.45, 7) is 2.08. The molecule has 30 heavy (non-hydrogen) atoms. The van der Waals surface area contributed by atoms with Crippen molar-refractivity contribution in [3.05, 3.63) is 71.0 Å². The van der Waals surface area contributed by atoms with Crippen LogP contribution in [-0.2, 0) is 12.1 Å². The number of aliphatic hydroxyl groups is 1. The molecule has 0 saturated carbocycles. The quantitative estimate of drug-likeness (QED) is 0.389. The number of hydrogen-bond acceptors (Lipinski definition) is 8. The van der Waals surface area contributed by atoms with Crippen molar-refractivity contribution in [1.29, 1.82) is 0 Å². The monoisotopic (exact) mass is 478 g/mol. The predicted molar refractivity (Wildman–Crippen MR) is 119 cm³/mol. The number of thioether (sulfide) groups is 1. The zero-order valence-corrected chi connectivity index (χ0v) is 18.8. The van der Waals surface area contributed by atoms with Crippen LogP contribution in [0, 0.1) is 0 Å². The molecule has 154 valence electrons. The van der Waals surface area contributed by atoms with Gasteiger partial charge in [0, 0.05) is 38.8 Å². The maximum atomic E-state index is 11.8. The normalized spacial score (nSPS) is 14.4. The van der Waals surface area contributed by atoms with Crippen LogP contribution in [0.25, 0.3) is 11.4 Å². The molecular formula is C19H16Cl2N6OS2. The second-order valence-electron chi connectivity index (χ2n) is 6.52. The first-order valence-corrected chi connectivity index (χ1v) is 11.3. The zero-order valence-electron chi connectivity index (χ0n) is 15.7. The number of pyridine rings is 1. The Labute approximate surface area is 191 Å². The number of nitrogens with zero attached hydrogens (tertiary/aromatic N) is 6. The Morgan fingerprint density at radius 1 is 1.20 bits per heavy atom. The molecule has 0 aliphatic heterocycles. The molecule has 3 aromatic heterocycles. The highest BCUT2D eigenvalue weighted by atomic mass is 35.5. The van der Waals surface area contributed by atoms with Crippen LogP contribution in [0.4, 0.5) is 0 Å². The molecule has 0 saturated heterocycles. The van der Waals surface area contributed by atoms with Gasteiger partial charge < -0.3 is 5.11 Å². The Balaban J connectivity index is 1.64. The van der Waals surface area contributed by atoms with Gasteiger partial charge in [-0.15, -0.1) is 0 Å². The molecule has 0 spiro atoms. The minimum absolute atomic E-state index is 0.165. The third kappa shape index (κ3) is 4.50. The van der Waals surface area contributed by atoms with Gasteiger partial charge in [0.1, 0.15) is 18.3 Å². The third-order valence-corrected chi connectivity index (χ3v) is 7.17. The zero-order chi connectivity index (χ0) is 21.1. The number of hydrogen-bond donors (Lipinski definition) is 1. The molecular weight excluding hydrogens is 463 g/mol. The van der Waals surface area contributed by atoms with Gasteiger partial charge in [-0.25, -0.2) is 14.6 Å². The molecule has 3 heterocycles. The van der Waals surface area contributed by atoms with E-state index in [1.54, 1.807) is 41.6 Å². The van der Waals surface area contributed by atoms with Crippen LogP contribution >= 0.6 is 46.5 Å². The van der Waals surface area contributed by atoms with Gasteiger partial charge in [0.05, 0.1) is 6.54 Å². The van der Waals surface area contributed by atoms with Crippen LogP contribution in [0.1, 0.15) is 12.5 Å². The van der Waals surface area contributed by atoms with Gasteiger partial charge in [-0.1, -0.05) is 41.0 Å². The van der Waals surface area contributed by atoms with E-state index in [1.165, 1.54) is 29.6 Å². The van der Waals surface area contributed by atoms with Crippen molar-refractivity contribution in [2.45, 2.75) is 28.7 Å². The highest BCUT2D eigenvalue weighted by Gasteiger charge is 2.39. The molecule has 11 heteroatoms. The average Bonchev–Trinajstić information content (AvgIpc) is 3.40. The van der Waals surface area contributed by atoms with Crippen LogP contribution in [-0.4, -0.2) is 39.5 Å². The lowest BCUT2D eigenvalue weighted by Gasteiger charge is -2.34.